The summed E-state index contributed by atoms with van der Waals surface area (Å²) in [6.07, 6.45) is 0.977. The lowest BCUT2D eigenvalue weighted by molar-refractivity contribution is -0.139. The maximum absolute atomic E-state index is 14.4. The number of hydrogen-bond donors (Lipinski definition) is 1. The minimum Gasteiger partial charge on any atom is -0.454 e. The summed E-state index contributed by atoms with van der Waals surface area (Å²) in [5, 5.41) is 2.77. The number of nitrogens with one attached hydrogen (secondary N) is 1. The summed E-state index contributed by atoms with van der Waals surface area (Å²) in [7, 11) is -3.90. The molecule has 1 N–H and O–H groups in total. The van der Waals surface area contributed by atoms with E-state index in [0.717, 1.165) is 10.6 Å². The number of fused-ring (bicyclic) bond motifs is 1. The molecule has 1 heterocycles. The highest BCUT2D eigenvalue weighted by molar-refractivity contribution is 7.92. The summed E-state index contributed by atoms with van der Waals surface area (Å²) in [5.41, 5.74) is 0.409. The van der Waals surface area contributed by atoms with Crippen molar-refractivity contribution >= 4 is 27.5 Å². The largest absolute Gasteiger partial charge is 0.454 e. The summed E-state index contributed by atoms with van der Waals surface area (Å²) in [4.78, 5) is 27.4. The zero-order valence-corrected chi connectivity index (χ0v) is 21.0. The first-order valence-corrected chi connectivity index (χ1v) is 13.0. The van der Waals surface area contributed by atoms with Gasteiger partial charge in [0, 0.05) is 24.7 Å². The molecule has 0 bridgehead atoms. The molecular weight excluding hydrogens is 477 g/mol. The van der Waals surface area contributed by atoms with Crippen LogP contribution in [-0.4, -0.2) is 57.3 Å². The van der Waals surface area contributed by atoms with Crippen molar-refractivity contribution in [1.82, 2.24) is 10.2 Å². The van der Waals surface area contributed by atoms with Gasteiger partial charge >= 0.3 is 0 Å². The minimum absolute atomic E-state index is 0.00993. The summed E-state index contributed by atoms with van der Waals surface area (Å²) >= 11 is 0. The van der Waals surface area contributed by atoms with E-state index in [2.05, 4.69) is 5.32 Å². The lowest BCUT2D eigenvalue weighted by Crippen LogP contribution is -2.51. The molecule has 0 unspecified atom stereocenters. The second-order valence-corrected chi connectivity index (χ2v) is 10.6. The van der Waals surface area contributed by atoms with E-state index in [1.807, 2.05) is 13.8 Å². The second-order valence-electron chi connectivity index (χ2n) is 8.74. The summed E-state index contributed by atoms with van der Waals surface area (Å²) in [6, 6.07) is 9.48. The van der Waals surface area contributed by atoms with E-state index in [-0.39, 0.29) is 30.5 Å². The third kappa shape index (κ3) is 6.62. The highest BCUT2D eigenvalue weighted by atomic mass is 32.2. The lowest BCUT2D eigenvalue weighted by atomic mass is 10.1. The molecule has 0 radical (unpaired) electrons. The predicted octanol–water partition coefficient (Wildman–Crippen LogP) is 2.51. The Labute approximate surface area is 204 Å². The van der Waals surface area contributed by atoms with Crippen LogP contribution in [0.1, 0.15) is 26.3 Å². The van der Waals surface area contributed by atoms with Crippen LogP contribution in [0.15, 0.2) is 42.5 Å². The first-order valence-electron chi connectivity index (χ1n) is 11.1. The number of rotatable bonds is 10. The maximum Gasteiger partial charge on any atom is 0.244 e. The van der Waals surface area contributed by atoms with E-state index in [1.165, 1.54) is 42.2 Å². The van der Waals surface area contributed by atoms with Crippen LogP contribution in [0.5, 0.6) is 11.5 Å². The average Bonchev–Trinajstić information content (AvgIpc) is 3.27. The number of carbonyl (C=O) groups excluding carboxylic acids is 2. The van der Waals surface area contributed by atoms with Crippen LogP contribution in [0.4, 0.5) is 10.1 Å². The Bertz CT molecular complexity index is 1190. The number of hydrogen-bond acceptors (Lipinski definition) is 6. The molecule has 0 saturated heterocycles. The van der Waals surface area contributed by atoms with Crippen molar-refractivity contribution in [3.05, 3.63) is 53.8 Å². The molecule has 0 saturated carbocycles. The van der Waals surface area contributed by atoms with E-state index in [1.54, 1.807) is 12.1 Å². The molecule has 35 heavy (non-hydrogen) atoms. The van der Waals surface area contributed by atoms with Gasteiger partial charge < -0.3 is 19.7 Å². The monoisotopic (exact) mass is 507 g/mol. The Balaban J connectivity index is 1.90. The van der Waals surface area contributed by atoms with Crippen LogP contribution < -0.4 is 19.1 Å². The molecule has 0 fully saturated rings. The van der Waals surface area contributed by atoms with E-state index in [0.29, 0.717) is 18.0 Å². The van der Waals surface area contributed by atoms with Crippen molar-refractivity contribution in [3.8, 4) is 11.5 Å². The van der Waals surface area contributed by atoms with Gasteiger partial charge in [-0.1, -0.05) is 32.0 Å². The van der Waals surface area contributed by atoms with Crippen molar-refractivity contribution in [3.63, 3.8) is 0 Å². The average molecular weight is 508 g/mol. The van der Waals surface area contributed by atoms with Crippen LogP contribution in [-0.2, 0) is 26.2 Å². The van der Waals surface area contributed by atoms with Gasteiger partial charge in [0.25, 0.3) is 0 Å². The summed E-state index contributed by atoms with van der Waals surface area (Å²) in [6.45, 7) is 5.01. The van der Waals surface area contributed by atoms with Crippen molar-refractivity contribution in [2.75, 3.05) is 30.4 Å². The number of sulfonamides is 1. The van der Waals surface area contributed by atoms with Crippen molar-refractivity contribution in [1.29, 1.82) is 0 Å². The van der Waals surface area contributed by atoms with Gasteiger partial charge in [-0.3, -0.25) is 13.9 Å². The SMILES string of the molecule is CC(C)CNC(=O)[C@@H](C)N(Cc1ccccc1F)C(=O)CN(c1ccc2c(c1)OCO2)S(C)(=O)=O. The molecule has 190 valence electrons. The van der Waals surface area contributed by atoms with Gasteiger partial charge in [-0.2, -0.15) is 0 Å². The van der Waals surface area contributed by atoms with Gasteiger partial charge in [0.2, 0.25) is 28.6 Å². The number of ether oxygens (including phenoxy) is 2. The van der Waals surface area contributed by atoms with Gasteiger partial charge in [-0.15, -0.1) is 0 Å². The Hall–Kier alpha value is -3.34. The second kappa shape index (κ2) is 10.9. The van der Waals surface area contributed by atoms with Crippen molar-refractivity contribution in [2.24, 2.45) is 5.92 Å². The van der Waals surface area contributed by atoms with Gasteiger partial charge in [0.1, 0.15) is 18.4 Å². The highest BCUT2D eigenvalue weighted by Gasteiger charge is 2.31. The predicted molar refractivity (Wildman–Crippen MR) is 129 cm³/mol. The van der Waals surface area contributed by atoms with E-state index >= 15 is 0 Å². The molecule has 0 aliphatic carbocycles. The number of nitrogens with zero attached hydrogens (tertiary/aromatic N) is 2. The third-order valence-corrected chi connectivity index (χ3v) is 6.61. The Morgan fingerprint density at radius 3 is 2.43 bits per heavy atom. The topological polar surface area (TPSA) is 105 Å². The normalized spacial score (nSPS) is 13.4. The molecule has 2 aromatic carbocycles. The molecule has 3 rings (SSSR count). The fourth-order valence-corrected chi connectivity index (χ4v) is 4.34. The molecule has 0 aromatic heterocycles. The van der Waals surface area contributed by atoms with Gasteiger partial charge in [-0.05, 0) is 31.0 Å². The first kappa shape index (κ1) is 26.3. The number of benzene rings is 2. The summed E-state index contributed by atoms with van der Waals surface area (Å²) < 4.78 is 51.2. The number of amides is 2. The number of halogens is 1. The van der Waals surface area contributed by atoms with Gasteiger partial charge in [-0.25, -0.2) is 12.8 Å². The molecule has 11 heteroatoms. The Kier molecular flexibility index (Phi) is 8.21. The van der Waals surface area contributed by atoms with Crippen molar-refractivity contribution in [2.45, 2.75) is 33.4 Å². The molecule has 2 aromatic rings. The maximum atomic E-state index is 14.4. The molecule has 9 nitrogen and oxygen atoms in total. The van der Waals surface area contributed by atoms with E-state index < -0.39 is 40.2 Å². The van der Waals surface area contributed by atoms with Crippen LogP contribution >= 0.6 is 0 Å². The first-order chi connectivity index (χ1) is 16.5. The van der Waals surface area contributed by atoms with Gasteiger partial charge in [0.15, 0.2) is 11.5 Å². The zero-order valence-electron chi connectivity index (χ0n) is 20.2. The fourth-order valence-electron chi connectivity index (χ4n) is 3.50. The lowest BCUT2D eigenvalue weighted by Gasteiger charge is -2.31. The molecule has 0 spiro atoms. The van der Waals surface area contributed by atoms with Crippen LogP contribution in [0.25, 0.3) is 0 Å². The molecule has 1 aliphatic heterocycles. The number of carbonyl (C=O) groups is 2. The van der Waals surface area contributed by atoms with Gasteiger partial charge in [0.05, 0.1) is 11.9 Å². The zero-order chi connectivity index (χ0) is 25.8. The molecule has 1 atom stereocenters. The summed E-state index contributed by atoms with van der Waals surface area (Å²) in [5.74, 6) is -0.608. The third-order valence-electron chi connectivity index (χ3n) is 5.47. The Morgan fingerprint density at radius 2 is 1.77 bits per heavy atom. The Morgan fingerprint density at radius 1 is 1.09 bits per heavy atom. The van der Waals surface area contributed by atoms with E-state index in [4.69, 9.17) is 9.47 Å². The smallest absolute Gasteiger partial charge is 0.244 e. The fraction of sp³-hybridized carbons (Fsp3) is 0.417. The van der Waals surface area contributed by atoms with Crippen LogP contribution in [0.3, 0.4) is 0 Å². The molecule has 1 aliphatic rings. The van der Waals surface area contributed by atoms with Crippen LogP contribution in [0, 0.1) is 11.7 Å². The molecular formula is C24H30FN3O6S. The number of anilines is 1. The quantitative estimate of drug-likeness (QED) is 0.530. The van der Waals surface area contributed by atoms with Crippen LogP contribution in [0.2, 0.25) is 0 Å². The standard InChI is InChI=1S/C24H30FN3O6S/c1-16(2)12-26-24(30)17(3)27(13-18-7-5-6-8-20(18)25)23(29)14-28(35(4,31)32)19-9-10-21-22(11-19)34-15-33-21/h5-11,16-17H,12-15H2,1-4H3,(H,26,30)/t17-/m1/s1. The molecule has 2 amide bonds. The highest BCUT2D eigenvalue weighted by Crippen LogP contribution is 2.36. The van der Waals surface area contributed by atoms with E-state index in [9.17, 15) is 22.4 Å². The minimum atomic E-state index is -3.90. The van der Waals surface area contributed by atoms with Crippen molar-refractivity contribution < 1.29 is 31.9 Å².